The molecule has 0 aromatic heterocycles. The predicted molar refractivity (Wildman–Crippen MR) is 328 cm³/mol. The third kappa shape index (κ3) is 13.8. The summed E-state index contributed by atoms with van der Waals surface area (Å²) in [7, 11) is -8.23. The molecule has 81 heavy (non-hydrogen) atoms. The van der Waals surface area contributed by atoms with E-state index in [2.05, 4.69) is 80.7 Å². The predicted octanol–water partition coefficient (Wildman–Crippen LogP) is 13.3. The first-order chi connectivity index (χ1) is 38.1. The molecule has 4 fully saturated rings. The van der Waals surface area contributed by atoms with Crippen molar-refractivity contribution in [3.63, 3.8) is 0 Å². The van der Waals surface area contributed by atoms with Crippen LogP contribution < -0.4 is 5.32 Å². The number of rotatable bonds is 14. The average molecular weight is 1200 g/mol. The zero-order valence-electron chi connectivity index (χ0n) is 52.6. The van der Waals surface area contributed by atoms with Gasteiger partial charge in [0.15, 0.2) is 42.4 Å². The number of fused-ring (bicyclic) bond motifs is 6. The van der Waals surface area contributed by atoms with Crippen LogP contribution in [0, 0.1) is 16.7 Å². The summed E-state index contributed by atoms with van der Waals surface area (Å²) in [6.07, 6.45) is 0.279. The van der Waals surface area contributed by atoms with Crippen LogP contribution in [0.1, 0.15) is 186 Å². The molecule has 2 aliphatic heterocycles. The molecule has 2 saturated carbocycles. The Kier molecular flexibility index (Phi) is 22.8. The molecule has 11 atom stereocenters. The number of aliphatic hydroxyl groups is 1. The number of hydrogen-bond donors (Lipinski definition) is 2. The van der Waals surface area contributed by atoms with Gasteiger partial charge in [-0.1, -0.05) is 132 Å². The summed E-state index contributed by atoms with van der Waals surface area (Å²) in [5.74, 6) is -1.66. The van der Waals surface area contributed by atoms with Gasteiger partial charge >= 0.3 is 17.9 Å². The zero-order chi connectivity index (χ0) is 60.0. The van der Waals surface area contributed by atoms with Crippen LogP contribution in [-0.2, 0) is 56.2 Å². The van der Waals surface area contributed by atoms with Crippen LogP contribution in [0.5, 0.6) is 0 Å². The minimum atomic E-state index is -2.86. The van der Waals surface area contributed by atoms with Crippen molar-refractivity contribution in [3.8, 4) is 0 Å². The number of ether oxygens (including phenoxy) is 4. The summed E-state index contributed by atoms with van der Waals surface area (Å²) < 4.78 is 49.6. The maximum atomic E-state index is 17.3. The number of thioether (sulfide) groups is 1. The fourth-order valence-corrected chi connectivity index (χ4v) is 21.9. The number of hydrogen-bond acceptors (Lipinski definition) is 14. The molecule has 458 valence electrons. The van der Waals surface area contributed by atoms with Crippen molar-refractivity contribution in [1.29, 1.82) is 0 Å². The summed E-state index contributed by atoms with van der Waals surface area (Å²) in [5, 5.41) is 17.7. The average Bonchev–Trinajstić information content (AvgIpc) is 1.91. The molecular weight excluding hydrogens is 1100 g/mol. The van der Waals surface area contributed by atoms with Gasteiger partial charge in [0.25, 0.3) is 0 Å². The fourth-order valence-electron chi connectivity index (χ4n) is 14.0. The highest BCUT2D eigenvalue weighted by Crippen LogP contribution is 2.65. The molecule has 2 saturated heterocycles. The summed E-state index contributed by atoms with van der Waals surface area (Å²) in [5.41, 5.74) is -5.04. The second-order valence-corrected chi connectivity index (χ2v) is 42.1. The first-order valence-electron chi connectivity index (χ1n) is 31.2. The molecular formula is C63H105NO13SSi3. The molecule has 0 unspecified atom stereocenters. The number of nitrogens with one attached hydrogen (secondary N) is 1. The minimum Gasteiger partial charge on any atom is -0.459 e. The van der Waals surface area contributed by atoms with E-state index in [1.807, 2.05) is 69.8 Å². The van der Waals surface area contributed by atoms with E-state index < -0.39 is 113 Å². The van der Waals surface area contributed by atoms with Gasteiger partial charge in [0, 0.05) is 38.0 Å². The van der Waals surface area contributed by atoms with Crippen molar-refractivity contribution in [2.24, 2.45) is 16.7 Å². The van der Waals surface area contributed by atoms with Crippen LogP contribution >= 0.6 is 11.8 Å². The second-order valence-electron chi connectivity index (χ2n) is 26.7. The van der Waals surface area contributed by atoms with E-state index in [0.29, 0.717) is 47.7 Å². The van der Waals surface area contributed by atoms with E-state index in [4.69, 9.17) is 32.2 Å². The summed E-state index contributed by atoms with van der Waals surface area (Å²) in [6.45, 7) is 31.9. The van der Waals surface area contributed by atoms with Gasteiger partial charge in [0.05, 0.1) is 30.1 Å². The van der Waals surface area contributed by atoms with Crippen LogP contribution in [0.25, 0.3) is 0 Å². The molecule has 14 nitrogen and oxygen atoms in total. The van der Waals surface area contributed by atoms with Crippen molar-refractivity contribution < 1.29 is 61.3 Å². The third-order valence-corrected chi connectivity index (χ3v) is 35.7. The van der Waals surface area contributed by atoms with Crippen LogP contribution in [0.2, 0.25) is 54.4 Å². The summed E-state index contributed by atoms with van der Waals surface area (Å²) >= 11 is 1.91. The number of Topliss-reactive ketones (excluding diaryl/α,β-unsaturated/α-hetero) is 1. The Morgan fingerprint density at radius 3 is 1.89 bits per heavy atom. The number of ketones is 1. The van der Waals surface area contributed by atoms with Crippen molar-refractivity contribution in [2.75, 3.05) is 18.1 Å². The van der Waals surface area contributed by atoms with Crippen LogP contribution in [-0.4, -0.2) is 126 Å². The number of amides is 1. The molecule has 2 N–H and O–H groups in total. The molecule has 1 aromatic rings. The first kappa shape index (κ1) is 67.4. The van der Waals surface area contributed by atoms with Gasteiger partial charge in [0.1, 0.15) is 30.0 Å². The molecule has 3 aliphatic carbocycles. The van der Waals surface area contributed by atoms with Crippen molar-refractivity contribution in [2.45, 2.75) is 282 Å². The number of carbonyl (C=O) groups is 5. The van der Waals surface area contributed by atoms with Gasteiger partial charge in [-0.3, -0.25) is 19.2 Å². The summed E-state index contributed by atoms with van der Waals surface area (Å²) in [6, 6.07) is 12.9. The van der Waals surface area contributed by atoms with E-state index >= 15 is 14.4 Å². The smallest absolute Gasteiger partial charge is 0.337 e. The van der Waals surface area contributed by atoms with Gasteiger partial charge in [-0.15, -0.1) is 0 Å². The van der Waals surface area contributed by atoms with Gasteiger partial charge in [-0.05, 0) is 122 Å². The topological polar surface area (TPSA) is 182 Å². The van der Waals surface area contributed by atoms with Crippen molar-refractivity contribution in [3.05, 3.63) is 47.0 Å². The lowest BCUT2D eigenvalue weighted by Gasteiger charge is -2.68. The molecule has 1 amide bonds. The maximum Gasteiger partial charge on any atom is 0.337 e. The van der Waals surface area contributed by atoms with Crippen molar-refractivity contribution in [1.82, 2.24) is 5.32 Å². The standard InChI is InChI=1S/C63H105NO13SSi3/c1-17-80(18-2,19-3)75-47-40-48-62(42-71-48,74-44(8)65)55-57-63(70)41-46(43(7)51(60(63,12)13)53(56(68)61(47,55)14)77-81(20-4,21-5)22-6)72-58(69)54(76-79(15,16)59(9,10)11)52(45-34-28-26-29-35-45)64-49(66)36-30-24-23-25-32-38-78-39-33-27-31-37-50(67)73-57/h26,28-29,34-35,46-48,52-55,57,70H,17-25,27,30-33,36-42H2,1-16H3,(H,64,66)/t46-,47-,48+,52-,53+,54+,55-,57-,61+,62-,63+/m0/s1. The van der Waals surface area contributed by atoms with Gasteiger partial charge in [0.2, 0.25) is 5.91 Å². The van der Waals surface area contributed by atoms with E-state index in [0.717, 1.165) is 68.2 Å². The highest BCUT2D eigenvalue weighted by Gasteiger charge is 2.79. The minimum absolute atomic E-state index is 0.0512. The Hall–Kier alpha value is -2.69. The quantitative estimate of drug-likeness (QED) is 0.0777. The maximum absolute atomic E-state index is 17.3. The van der Waals surface area contributed by atoms with Crippen LogP contribution in [0.4, 0.5) is 0 Å². The molecule has 0 radical (unpaired) electrons. The molecule has 6 rings (SSSR count). The van der Waals surface area contributed by atoms with Crippen molar-refractivity contribution >= 4 is 66.3 Å². The van der Waals surface area contributed by atoms with Crippen LogP contribution in [0.3, 0.4) is 0 Å². The highest BCUT2D eigenvalue weighted by molar-refractivity contribution is 7.99. The molecule has 0 spiro atoms. The van der Waals surface area contributed by atoms with E-state index in [9.17, 15) is 14.7 Å². The highest BCUT2D eigenvalue weighted by atomic mass is 32.2. The SMILES string of the molecule is CC[Si](CC)(CC)O[C@H]1C(=O)[C@]2(C)[C@@H](O[Si](CC)(CC)CC)C[C@H]3OC[C@@]3(OC(C)=O)[C@H]2[C@@H]2OC(=O)CCCCCSCCCCCCCC(=O)N[C@@H](c3ccccc3)[C@@H](O[Si](C)(C)C(C)(C)C)C(=O)O[C@H]3C[C@]2(O)C(C)(C)C1=C3C. The number of esters is 3. The van der Waals surface area contributed by atoms with E-state index in [1.165, 1.54) is 6.92 Å². The lowest BCUT2D eigenvalue weighted by molar-refractivity contribution is -0.346. The lowest BCUT2D eigenvalue weighted by atomic mass is 9.44. The monoisotopic (exact) mass is 1200 g/mol. The zero-order valence-corrected chi connectivity index (χ0v) is 56.4. The summed E-state index contributed by atoms with van der Waals surface area (Å²) in [4.78, 5) is 76.3. The lowest BCUT2D eigenvalue weighted by Crippen LogP contribution is -2.82. The molecule has 1 aromatic carbocycles. The largest absolute Gasteiger partial charge is 0.459 e. The Bertz CT molecular complexity index is 2360. The fraction of sp³-hybridized carbons (Fsp3) is 0.794. The van der Waals surface area contributed by atoms with Gasteiger partial charge in [-0.2, -0.15) is 11.8 Å². The molecule has 2 heterocycles. The number of carbonyl (C=O) groups excluding carboxylic acids is 5. The van der Waals surface area contributed by atoms with E-state index in [1.54, 1.807) is 0 Å². The van der Waals surface area contributed by atoms with Gasteiger partial charge < -0.3 is 42.6 Å². The Labute approximate surface area is 494 Å². The van der Waals surface area contributed by atoms with Gasteiger partial charge in [-0.25, -0.2) is 4.79 Å². The Morgan fingerprint density at radius 1 is 0.778 bits per heavy atom. The molecule has 3 bridgehead atoms. The Balaban J connectivity index is 1.68. The Morgan fingerprint density at radius 2 is 1.33 bits per heavy atom. The number of benzene rings is 1. The molecule has 5 aliphatic rings. The van der Waals surface area contributed by atoms with Crippen LogP contribution in [0.15, 0.2) is 41.5 Å². The second kappa shape index (κ2) is 27.3. The third-order valence-electron chi connectivity index (χ3n) is 20.9. The molecule has 18 heteroatoms. The van der Waals surface area contributed by atoms with E-state index in [-0.39, 0.29) is 49.0 Å². The normalized spacial score (nSPS) is 32.8. The first-order valence-corrected chi connectivity index (χ1v) is 40.3.